The SMILES string of the molecule is CC(=O)N1[C@@H](c2ccco2)SC[C@H]1C(=O)O[C@@H](C)C(=O)N(C)c1ccccc1. The molecule has 1 aliphatic heterocycles. The molecule has 0 saturated carbocycles. The van der Waals surface area contributed by atoms with E-state index in [2.05, 4.69) is 0 Å². The van der Waals surface area contributed by atoms with Gasteiger partial charge < -0.3 is 19.0 Å². The number of likely N-dealkylation sites (N-methyl/N-ethyl adjacent to an activating group) is 1. The molecule has 7 nitrogen and oxygen atoms in total. The minimum absolute atomic E-state index is 0.256. The van der Waals surface area contributed by atoms with Gasteiger partial charge in [0.2, 0.25) is 5.91 Å². The molecule has 1 saturated heterocycles. The topological polar surface area (TPSA) is 80.1 Å². The number of carbonyl (C=O) groups excluding carboxylic acids is 3. The van der Waals surface area contributed by atoms with Gasteiger partial charge >= 0.3 is 5.97 Å². The van der Waals surface area contributed by atoms with Crippen LogP contribution in [-0.4, -0.2) is 47.6 Å². The number of nitrogens with zero attached hydrogens (tertiary/aromatic N) is 2. The van der Waals surface area contributed by atoms with Crippen LogP contribution in [0.4, 0.5) is 5.69 Å². The van der Waals surface area contributed by atoms with Crippen molar-refractivity contribution in [2.45, 2.75) is 31.4 Å². The maximum absolute atomic E-state index is 12.7. The Morgan fingerprint density at radius 1 is 1.21 bits per heavy atom. The maximum atomic E-state index is 12.7. The van der Waals surface area contributed by atoms with Crippen LogP contribution in [-0.2, 0) is 19.1 Å². The van der Waals surface area contributed by atoms with E-state index in [9.17, 15) is 14.4 Å². The molecule has 3 rings (SSSR count). The zero-order chi connectivity index (χ0) is 20.3. The second-order valence-corrected chi connectivity index (χ2v) is 7.57. The molecular weight excluding hydrogens is 380 g/mol. The van der Waals surface area contributed by atoms with Crippen molar-refractivity contribution in [1.29, 1.82) is 0 Å². The number of furan rings is 1. The van der Waals surface area contributed by atoms with Crippen molar-refractivity contribution in [2.75, 3.05) is 17.7 Å². The third-order valence-corrected chi connectivity index (χ3v) is 5.82. The van der Waals surface area contributed by atoms with Gasteiger partial charge in [-0.2, -0.15) is 0 Å². The smallest absolute Gasteiger partial charge is 0.330 e. The van der Waals surface area contributed by atoms with E-state index in [1.54, 1.807) is 31.3 Å². The number of anilines is 1. The van der Waals surface area contributed by atoms with Gasteiger partial charge in [-0.15, -0.1) is 11.8 Å². The summed E-state index contributed by atoms with van der Waals surface area (Å²) in [6.07, 6.45) is 0.555. The Kier molecular flexibility index (Phi) is 6.08. The van der Waals surface area contributed by atoms with E-state index >= 15 is 0 Å². The average molecular weight is 402 g/mol. The molecule has 0 bridgehead atoms. The molecule has 8 heteroatoms. The van der Waals surface area contributed by atoms with Crippen LogP contribution in [0.5, 0.6) is 0 Å². The molecule has 2 heterocycles. The van der Waals surface area contributed by atoms with Crippen LogP contribution in [0.2, 0.25) is 0 Å². The second-order valence-electron chi connectivity index (χ2n) is 6.46. The van der Waals surface area contributed by atoms with Crippen molar-refractivity contribution < 1.29 is 23.5 Å². The summed E-state index contributed by atoms with van der Waals surface area (Å²) in [6.45, 7) is 2.93. The van der Waals surface area contributed by atoms with E-state index in [0.29, 0.717) is 17.2 Å². The molecule has 148 valence electrons. The van der Waals surface area contributed by atoms with E-state index in [0.717, 1.165) is 0 Å². The van der Waals surface area contributed by atoms with Crippen molar-refractivity contribution >= 4 is 35.2 Å². The number of thioether (sulfide) groups is 1. The number of amides is 2. The largest absolute Gasteiger partial charge is 0.466 e. The quantitative estimate of drug-likeness (QED) is 0.716. The first-order chi connectivity index (χ1) is 13.4. The molecule has 0 aliphatic carbocycles. The standard InChI is InChI=1S/C20H22N2O5S/c1-13(18(24)21(3)15-8-5-4-6-9-15)27-20(25)16-12-28-19(22(16)14(2)23)17-10-7-11-26-17/h4-11,13,16,19H,12H2,1-3H3/t13-,16-,19+/m0/s1. The molecule has 2 aromatic rings. The van der Waals surface area contributed by atoms with Crippen LogP contribution >= 0.6 is 11.8 Å². The van der Waals surface area contributed by atoms with Crippen LogP contribution in [0.3, 0.4) is 0 Å². The summed E-state index contributed by atoms with van der Waals surface area (Å²) in [4.78, 5) is 40.4. The fraction of sp³-hybridized carbons (Fsp3) is 0.350. The first-order valence-electron chi connectivity index (χ1n) is 8.87. The normalized spacial score (nSPS) is 19.9. The number of carbonyl (C=O) groups is 3. The summed E-state index contributed by atoms with van der Waals surface area (Å²) in [5, 5.41) is -0.386. The van der Waals surface area contributed by atoms with E-state index < -0.39 is 18.1 Å². The Balaban J connectivity index is 1.68. The summed E-state index contributed by atoms with van der Waals surface area (Å²) in [5.74, 6) is -0.224. The number of para-hydroxylation sites is 1. The molecule has 0 unspecified atom stereocenters. The van der Waals surface area contributed by atoms with Gasteiger partial charge in [0.05, 0.1) is 6.26 Å². The number of benzene rings is 1. The molecule has 1 aromatic carbocycles. The Labute approximate surface area is 167 Å². The fourth-order valence-corrected chi connectivity index (χ4v) is 4.49. The summed E-state index contributed by atoms with van der Waals surface area (Å²) in [6, 6.07) is 11.8. The lowest BCUT2D eigenvalue weighted by Gasteiger charge is -2.27. The third kappa shape index (κ3) is 4.06. The number of ether oxygens (including phenoxy) is 1. The van der Waals surface area contributed by atoms with Crippen LogP contribution < -0.4 is 4.90 Å². The summed E-state index contributed by atoms with van der Waals surface area (Å²) in [5.41, 5.74) is 0.704. The molecule has 0 spiro atoms. The third-order valence-electron chi connectivity index (χ3n) is 4.54. The van der Waals surface area contributed by atoms with E-state index in [4.69, 9.17) is 9.15 Å². The van der Waals surface area contributed by atoms with E-state index in [1.807, 2.05) is 18.2 Å². The number of esters is 1. The summed E-state index contributed by atoms with van der Waals surface area (Å²) in [7, 11) is 1.63. The Morgan fingerprint density at radius 3 is 2.54 bits per heavy atom. The van der Waals surface area contributed by atoms with Gasteiger partial charge in [-0.3, -0.25) is 9.59 Å². The first-order valence-corrected chi connectivity index (χ1v) is 9.92. The molecular formula is C20H22N2O5S. The first kappa shape index (κ1) is 20.0. The van der Waals surface area contributed by atoms with E-state index in [1.165, 1.54) is 41.7 Å². The predicted octanol–water partition coefficient (Wildman–Crippen LogP) is 2.84. The predicted molar refractivity (Wildman–Crippen MR) is 106 cm³/mol. The minimum Gasteiger partial charge on any atom is -0.466 e. The molecule has 28 heavy (non-hydrogen) atoms. The van der Waals surface area contributed by atoms with Crippen molar-refractivity contribution in [3.63, 3.8) is 0 Å². The molecule has 1 fully saturated rings. The highest BCUT2D eigenvalue weighted by Crippen LogP contribution is 2.41. The molecule has 1 aromatic heterocycles. The van der Waals surface area contributed by atoms with Gasteiger partial charge in [0.1, 0.15) is 17.2 Å². The van der Waals surface area contributed by atoms with Gasteiger partial charge in [0.25, 0.3) is 5.91 Å². The Bertz CT molecular complexity index is 840. The highest BCUT2D eigenvalue weighted by Gasteiger charge is 2.43. The summed E-state index contributed by atoms with van der Waals surface area (Å²) >= 11 is 1.43. The van der Waals surface area contributed by atoms with Crippen LogP contribution in [0, 0.1) is 0 Å². The molecule has 3 atom stereocenters. The van der Waals surface area contributed by atoms with Gasteiger partial charge in [0, 0.05) is 25.4 Å². The minimum atomic E-state index is -0.973. The average Bonchev–Trinajstić information content (AvgIpc) is 3.36. The van der Waals surface area contributed by atoms with Crippen molar-refractivity contribution in [2.24, 2.45) is 0 Å². The fourth-order valence-electron chi connectivity index (χ4n) is 3.08. The van der Waals surface area contributed by atoms with Gasteiger partial charge in [-0.1, -0.05) is 18.2 Å². The van der Waals surface area contributed by atoms with Crippen LogP contribution in [0.25, 0.3) is 0 Å². The van der Waals surface area contributed by atoms with Gasteiger partial charge in [-0.05, 0) is 31.2 Å². The van der Waals surface area contributed by atoms with Gasteiger partial charge in [-0.25, -0.2) is 4.79 Å². The molecule has 0 radical (unpaired) electrons. The van der Waals surface area contributed by atoms with Crippen molar-refractivity contribution in [3.05, 3.63) is 54.5 Å². The highest BCUT2D eigenvalue weighted by molar-refractivity contribution is 7.99. The van der Waals surface area contributed by atoms with Crippen LogP contribution in [0.1, 0.15) is 25.0 Å². The molecule has 0 N–H and O–H groups in total. The van der Waals surface area contributed by atoms with Crippen LogP contribution in [0.15, 0.2) is 53.1 Å². The number of hydrogen-bond acceptors (Lipinski definition) is 6. The van der Waals surface area contributed by atoms with Crippen molar-refractivity contribution in [3.8, 4) is 0 Å². The lowest BCUT2D eigenvalue weighted by Crippen LogP contribution is -2.45. The van der Waals surface area contributed by atoms with E-state index in [-0.39, 0.29) is 17.2 Å². The summed E-state index contributed by atoms with van der Waals surface area (Å²) < 4.78 is 10.8. The Morgan fingerprint density at radius 2 is 1.93 bits per heavy atom. The highest BCUT2D eigenvalue weighted by atomic mass is 32.2. The Hall–Kier alpha value is -2.74. The zero-order valence-corrected chi connectivity index (χ0v) is 16.7. The lowest BCUT2D eigenvalue weighted by molar-refractivity contribution is -0.160. The number of hydrogen-bond donors (Lipinski definition) is 0. The zero-order valence-electron chi connectivity index (χ0n) is 15.9. The van der Waals surface area contributed by atoms with Crippen molar-refractivity contribution in [1.82, 2.24) is 4.90 Å². The monoisotopic (exact) mass is 402 g/mol. The number of rotatable bonds is 5. The molecule has 1 aliphatic rings. The second kappa shape index (κ2) is 8.52. The maximum Gasteiger partial charge on any atom is 0.330 e. The lowest BCUT2D eigenvalue weighted by atomic mass is 10.2. The molecule has 2 amide bonds. The van der Waals surface area contributed by atoms with Gasteiger partial charge in [0.15, 0.2) is 6.10 Å².